The molecule has 0 saturated heterocycles. The van der Waals surface area contributed by atoms with E-state index in [1.165, 1.54) is 0 Å². The van der Waals surface area contributed by atoms with Gasteiger partial charge in [0.1, 0.15) is 23.4 Å². The SMILES string of the molecule is CCOC(=O)c1cn(CCF)c2nc3c(F)c(F)c(F)cc3cc2c1=O. The Labute approximate surface area is 143 Å². The second kappa shape index (κ2) is 6.74. The van der Waals surface area contributed by atoms with Crippen LogP contribution < -0.4 is 5.43 Å². The smallest absolute Gasteiger partial charge is 0.343 e. The minimum atomic E-state index is -1.70. The predicted octanol–water partition coefficient (Wildman–Crippen LogP) is 3.11. The van der Waals surface area contributed by atoms with Crippen LogP contribution in [-0.4, -0.2) is 28.8 Å². The number of hydrogen-bond donors (Lipinski definition) is 0. The number of ether oxygens (including phenoxy) is 1. The quantitative estimate of drug-likeness (QED) is 0.307. The molecule has 5 nitrogen and oxygen atoms in total. The zero-order chi connectivity index (χ0) is 19.0. The molecular formula is C17H12F4N2O3. The fourth-order valence-corrected chi connectivity index (χ4v) is 2.64. The molecule has 0 aliphatic heterocycles. The lowest BCUT2D eigenvalue weighted by Crippen LogP contribution is -2.22. The highest BCUT2D eigenvalue weighted by Gasteiger charge is 2.21. The number of fused-ring (bicyclic) bond motifs is 2. The molecule has 9 heteroatoms. The van der Waals surface area contributed by atoms with E-state index in [-0.39, 0.29) is 35.1 Å². The Morgan fingerprint density at radius 2 is 1.96 bits per heavy atom. The number of carbonyl (C=O) groups excluding carboxylic acids is 1. The Hall–Kier alpha value is -2.97. The summed E-state index contributed by atoms with van der Waals surface area (Å²) in [7, 11) is 0. The van der Waals surface area contributed by atoms with E-state index in [0.717, 1.165) is 16.8 Å². The summed E-state index contributed by atoms with van der Waals surface area (Å²) in [5.74, 6) is -5.58. The summed E-state index contributed by atoms with van der Waals surface area (Å²) < 4.78 is 59.7. The number of nitrogens with zero attached hydrogens (tertiary/aromatic N) is 2. The maximum Gasteiger partial charge on any atom is 0.343 e. The van der Waals surface area contributed by atoms with Crippen molar-refractivity contribution in [3.63, 3.8) is 0 Å². The first kappa shape index (κ1) is 17.8. The topological polar surface area (TPSA) is 61.2 Å². The van der Waals surface area contributed by atoms with Gasteiger partial charge in [0, 0.05) is 11.6 Å². The average molecular weight is 368 g/mol. The zero-order valence-electron chi connectivity index (χ0n) is 13.5. The van der Waals surface area contributed by atoms with Crippen LogP contribution in [-0.2, 0) is 11.3 Å². The number of hydrogen-bond acceptors (Lipinski definition) is 4. The van der Waals surface area contributed by atoms with Crippen molar-refractivity contribution in [2.75, 3.05) is 13.3 Å². The molecular weight excluding hydrogens is 356 g/mol. The highest BCUT2D eigenvalue weighted by molar-refractivity contribution is 5.96. The van der Waals surface area contributed by atoms with Gasteiger partial charge in [-0.2, -0.15) is 0 Å². The fourth-order valence-electron chi connectivity index (χ4n) is 2.64. The van der Waals surface area contributed by atoms with Crippen molar-refractivity contribution < 1.29 is 27.1 Å². The van der Waals surface area contributed by atoms with Gasteiger partial charge >= 0.3 is 5.97 Å². The van der Waals surface area contributed by atoms with Crippen molar-refractivity contribution in [2.45, 2.75) is 13.5 Å². The van der Waals surface area contributed by atoms with Crippen LogP contribution in [0.4, 0.5) is 17.6 Å². The van der Waals surface area contributed by atoms with Crippen molar-refractivity contribution in [2.24, 2.45) is 0 Å². The summed E-state index contributed by atoms with van der Waals surface area (Å²) in [5.41, 5.74) is -1.81. The summed E-state index contributed by atoms with van der Waals surface area (Å²) in [4.78, 5) is 28.4. The third-order valence-corrected chi connectivity index (χ3v) is 3.79. The number of carbonyl (C=O) groups is 1. The molecule has 0 aliphatic rings. The highest BCUT2D eigenvalue weighted by Crippen LogP contribution is 2.24. The van der Waals surface area contributed by atoms with E-state index in [1.54, 1.807) is 6.92 Å². The van der Waals surface area contributed by atoms with Gasteiger partial charge in [0.05, 0.1) is 18.5 Å². The van der Waals surface area contributed by atoms with E-state index >= 15 is 0 Å². The molecule has 3 aromatic rings. The van der Waals surface area contributed by atoms with Gasteiger partial charge in [-0.1, -0.05) is 0 Å². The maximum atomic E-state index is 14.0. The zero-order valence-corrected chi connectivity index (χ0v) is 13.5. The molecule has 0 aliphatic carbocycles. The molecule has 0 unspecified atom stereocenters. The molecule has 2 aromatic heterocycles. The van der Waals surface area contributed by atoms with Crippen LogP contribution in [0.25, 0.3) is 21.9 Å². The highest BCUT2D eigenvalue weighted by atomic mass is 19.2. The van der Waals surface area contributed by atoms with E-state index in [9.17, 15) is 27.2 Å². The Kier molecular flexibility index (Phi) is 4.62. The van der Waals surface area contributed by atoms with E-state index in [0.29, 0.717) is 6.07 Å². The van der Waals surface area contributed by atoms with Crippen molar-refractivity contribution >= 4 is 27.9 Å². The molecule has 0 saturated carbocycles. The van der Waals surface area contributed by atoms with Crippen LogP contribution in [0.1, 0.15) is 17.3 Å². The monoisotopic (exact) mass is 368 g/mol. The summed E-state index contributed by atoms with van der Waals surface area (Å²) in [6.07, 6.45) is 1.05. The van der Waals surface area contributed by atoms with Crippen molar-refractivity contribution in [3.05, 3.63) is 51.6 Å². The molecule has 0 N–H and O–H groups in total. The Morgan fingerprint density at radius 1 is 1.23 bits per heavy atom. The Balaban J connectivity index is 2.43. The fraction of sp³-hybridized carbons (Fsp3) is 0.235. The first-order valence-electron chi connectivity index (χ1n) is 7.63. The number of halogens is 4. The normalized spacial score (nSPS) is 11.3. The number of aryl methyl sites for hydroxylation is 1. The predicted molar refractivity (Wildman–Crippen MR) is 85.3 cm³/mol. The van der Waals surface area contributed by atoms with Gasteiger partial charge in [0.2, 0.25) is 5.43 Å². The van der Waals surface area contributed by atoms with E-state index in [4.69, 9.17) is 4.74 Å². The van der Waals surface area contributed by atoms with Gasteiger partial charge in [0.25, 0.3) is 0 Å². The first-order chi connectivity index (χ1) is 12.4. The average Bonchev–Trinajstić information content (AvgIpc) is 2.61. The van der Waals surface area contributed by atoms with Crippen molar-refractivity contribution in [3.8, 4) is 0 Å². The second-order valence-electron chi connectivity index (χ2n) is 5.39. The molecule has 0 bridgehead atoms. The van der Waals surface area contributed by atoms with Crippen molar-refractivity contribution in [1.82, 2.24) is 9.55 Å². The molecule has 136 valence electrons. The van der Waals surface area contributed by atoms with Gasteiger partial charge in [-0.25, -0.2) is 27.3 Å². The molecule has 0 amide bonds. The number of pyridine rings is 2. The first-order valence-corrected chi connectivity index (χ1v) is 7.63. The molecule has 0 fully saturated rings. The molecule has 0 atom stereocenters. The van der Waals surface area contributed by atoms with Crippen LogP contribution in [0, 0.1) is 17.5 Å². The van der Waals surface area contributed by atoms with Crippen LogP contribution in [0.5, 0.6) is 0 Å². The lowest BCUT2D eigenvalue weighted by atomic mass is 10.1. The van der Waals surface area contributed by atoms with Crippen LogP contribution >= 0.6 is 0 Å². The van der Waals surface area contributed by atoms with Crippen LogP contribution in [0.3, 0.4) is 0 Å². The molecule has 3 rings (SSSR count). The van der Waals surface area contributed by atoms with Gasteiger partial charge in [-0.15, -0.1) is 0 Å². The number of rotatable bonds is 4. The second-order valence-corrected chi connectivity index (χ2v) is 5.39. The lowest BCUT2D eigenvalue weighted by molar-refractivity contribution is 0.0524. The van der Waals surface area contributed by atoms with E-state index in [1.807, 2.05) is 0 Å². The summed E-state index contributed by atoms with van der Waals surface area (Å²) in [6.45, 7) is 0.423. The largest absolute Gasteiger partial charge is 0.462 e. The summed E-state index contributed by atoms with van der Waals surface area (Å²) in [6, 6.07) is 1.78. The molecule has 2 heterocycles. The van der Waals surface area contributed by atoms with E-state index < -0.39 is 41.0 Å². The summed E-state index contributed by atoms with van der Waals surface area (Å²) in [5, 5.41) is -0.333. The molecule has 0 radical (unpaired) electrons. The standard InChI is InChI=1S/C17H12F4N2O3/c1-2-26-17(25)10-7-23(4-3-18)16-9(15(10)24)5-8-6-11(19)12(20)13(21)14(8)22-16/h5-7H,2-4H2,1H3. The number of alkyl halides is 1. The maximum absolute atomic E-state index is 14.0. The molecule has 1 aromatic carbocycles. The molecule has 26 heavy (non-hydrogen) atoms. The minimum Gasteiger partial charge on any atom is -0.462 e. The summed E-state index contributed by atoms with van der Waals surface area (Å²) >= 11 is 0. The minimum absolute atomic E-state index is 0.0189. The van der Waals surface area contributed by atoms with Gasteiger partial charge in [-0.05, 0) is 19.1 Å². The Bertz CT molecular complexity index is 1100. The van der Waals surface area contributed by atoms with Gasteiger partial charge < -0.3 is 9.30 Å². The van der Waals surface area contributed by atoms with E-state index in [2.05, 4.69) is 4.98 Å². The molecule has 0 spiro atoms. The number of aromatic nitrogens is 2. The lowest BCUT2D eigenvalue weighted by Gasteiger charge is -2.12. The van der Waals surface area contributed by atoms with Crippen LogP contribution in [0.2, 0.25) is 0 Å². The van der Waals surface area contributed by atoms with Crippen molar-refractivity contribution in [1.29, 1.82) is 0 Å². The number of esters is 1. The number of benzene rings is 1. The third-order valence-electron chi connectivity index (χ3n) is 3.79. The van der Waals surface area contributed by atoms with Crippen LogP contribution in [0.15, 0.2) is 23.1 Å². The third kappa shape index (κ3) is 2.79. The van der Waals surface area contributed by atoms with Gasteiger partial charge in [0.15, 0.2) is 17.5 Å². The van der Waals surface area contributed by atoms with Gasteiger partial charge in [-0.3, -0.25) is 4.79 Å². The Morgan fingerprint density at radius 3 is 2.62 bits per heavy atom.